The Labute approximate surface area is 81.3 Å². The number of aliphatic hydroxyl groups excluding tert-OH is 1. The summed E-state index contributed by atoms with van der Waals surface area (Å²) in [5, 5.41) is 16.4. The molecule has 0 aliphatic carbocycles. The summed E-state index contributed by atoms with van der Waals surface area (Å²) in [6.07, 6.45) is 4.49. The maximum atomic E-state index is 8.84. The molecule has 0 amide bonds. The second-order valence-corrected chi connectivity index (χ2v) is 3.30. The molecule has 13 heavy (non-hydrogen) atoms. The van der Waals surface area contributed by atoms with Crippen LogP contribution in [0.25, 0.3) is 0 Å². The molecule has 0 aromatic carbocycles. The van der Waals surface area contributed by atoms with Crippen molar-refractivity contribution in [3.8, 4) is 0 Å². The molecule has 0 aromatic heterocycles. The highest BCUT2D eigenvalue weighted by Crippen LogP contribution is 1.99. The second kappa shape index (κ2) is 8.05. The Morgan fingerprint density at radius 3 is 1.92 bits per heavy atom. The smallest absolute Gasteiger partial charge is 0.122 e. The van der Waals surface area contributed by atoms with E-state index in [9.17, 15) is 0 Å². The van der Waals surface area contributed by atoms with Crippen LogP contribution in [0.3, 0.4) is 0 Å². The third-order valence-corrected chi connectivity index (χ3v) is 2.09. The van der Waals surface area contributed by atoms with Gasteiger partial charge in [-0.1, -0.05) is 26.7 Å². The van der Waals surface area contributed by atoms with Crippen molar-refractivity contribution in [2.75, 3.05) is 19.7 Å². The van der Waals surface area contributed by atoms with E-state index in [4.69, 9.17) is 10.5 Å². The molecule has 0 aliphatic heterocycles. The lowest BCUT2D eigenvalue weighted by Gasteiger charge is -2.23. The van der Waals surface area contributed by atoms with Gasteiger partial charge >= 0.3 is 0 Å². The van der Waals surface area contributed by atoms with Crippen LogP contribution >= 0.6 is 0 Å². The number of hydrogen-bond donors (Lipinski definition) is 2. The third-order valence-electron chi connectivity index (χ3n) is 2.09. The zero-order chi connectivity index (χ0) is 10.1. The first-order valence-electron chi connectivity index (χ1n) is 5.19. The van der Waals surface area contributed by atoms with Gasteiger partial charge in [0.25, 0.3) is 0 Å². The van der Waals surface area contributed by atoms with E-state index in [0.717, 1.165) is 38.8 Å². The van der Waals surface area contributed by atoms with Crippen LogP contribution in [0.1, 0.15) is 39.5 Å². The average molecular weight is 186 g/mol. The van der Waals surface area contributed by atoms with Crippen molar-refractivity contribution in [2.24, 2.45) is 0 Å². The topological polar surface area (TPSA) is 47.3 Å². The number of amidine groups is 1. The highest BCUT2D eigenvalue weighted by atomic mass is 16.3. The maximum Gasteiger partial charge on any atom is 0.122 e. The molecule has 0 heterocycles. The summed E-state index contributed by atoms with van der Waals surface area (Å²) in [5.74, 6) is 0.363. The van der Waals surface area contributed by atoms with Gasteiger partial charge in [0.2, 0.25) is 0 Å². The van der Waals surface area contributed by atoms with Gasteiger partial charge in [-0.2, -0.15) is 0 Å². The van der Waals surface area contributed by atoms with Crippen molar-refractivity contribution in [3.05, 3.63) is 0 Å². The SMILES string of the molecule is CCCCN(CCCC)C(=N)CO. The summed E-state index contributed by atoms with van der Waals surface area (Å²) in [4.78, 5) is 1.98. The van der Waals surface area contributed by atoms with Crippen LogP contribution in [-0.2, 0) is 0 Å². The van der Waals surface area contributed by atoms with Crippen LogP contribution in [0.4, 0.5) is 0 Å². The van der Waals surface area contributed by atoms with Crippen LogP contribution in [0.5, 0.6) is 0 Å². The Morgan fingerprint density at radius 2 is 1.62 bits per heavy atom. The van der Waals surface area contributed by atoms with Crippen molar-refractivity contribution in [3.63, 3.8) is 0 Å². The molecule has 0 rings (SSSR count). The molecule has 0 spiro atoms. The highest BCUT2D eigenvalue weighted by molar-refractivity contribution is 5.80. The molecule has 3 heteroatoms. The molecule has 0 saturated carbocycles. The van der Waals surface area contributed by atoms with Gasteiger partial charge in [-0.25, -0.2) is 0 Å². The van der Waals surface area contributed by atoms with E-state index in [-0.39, 0.29) is 6.61 Å². The van der Waals surface area contributed by atoms with Crippen molar-refractivity contribution < 1.29 is 5.11 Å². The van der Waals surface area contributed by atoms with Crippen LogP contribution in [0, 0.1) is 5.41 Å². The number of hydrogen-bond acceptors (Lipinski definition) is 2. The normalized spacial score (nSPS) is 10.1. The molecule has 0 radical (unpaired) electrons. The first-order valence-corrected chi connectivity index (χ1v) is 5.19. The lowest BCUT2D eigenvalue weighted by atomic mass is 10.2. The number of rotatable bonds is 7. The minimum atomic E-state index is -0.132. The van der Waals surface area contributed by atoms with E-state index in [1.165, 1.54) is 0 Å². The van der Waals surface area contributed by atoms with Gasteiger partial charge in [0.15, 0.2) is 0 Å². The van der Waals surface area contributed by atoms with Crippen LogP contribution in [0.15, 0.2) is 0 Å². The summed E-state index contributed by atoms with van der Waals surface area (Å²) >= 11 is 0. The zero-order valence-electron chi connectivity index (χ0n) is 8.84. The van der Waals surface area contributed by atoms with Crippen molar-refractivity contribution in [2.45, 2.75) is 39.5 Å². The van der Waals surface area contributed by atoms with Crippen LogP contribution in [0.2, 0.25) is 0 Å². The van der Waals surface area contributed by atoms with E-state index in [1.807, 2.05) is 4.90 Å². The summed E-state index contributed by atoms with van der Waals surface area (Å²) in [6.45, 7) is 5.97. The standard InChI is InChI=1S/C10H22N2O/c1-3-5-7-12(8-6-4-2)10(11)9-13/h11,13H,3-9H2,1-2H3. The average Bonchev–Trinajstić information content (AvgIpc) is 2.17. The minimum absolute atomic E-state index is 0.132. The van der Waals surface area contributed by atoms with E-state index < -0.39 is 0 Å². The van der Waals surface area contributed by atoms with Gasteiger partial charge in [-0.3, -0.25) is 5.41 Å². The van der Waals surface area contributed by atoms with Crippen molar-refractivity contribution >= 4 is 5.84 Å². The minimum Gasteiger partial charge on any atom is -0.388 e. The number of aliphatic hydroxyl groups is 1. The Bertz CT molecular complexity index is 129. The quantitative estimate of drug-likeness (QED) is 0.471. The van der Waals surface area contributed by atoms with E-state index >= 15 is 0 Å². The fourth-order valence-electron chi connectivity index (χ4n) is 1.18. The summed E-state index contributed by atoms with van der Waals surface area (Å²) < 4.78 is 0. The van der Waals surface area contributed by atoms with Gasteiger partial charge in [0.05, 0.1) is 0 Å². The second-order valence-electron chi connectivity index (χ2n) is 3.30. The molecule has 0 atom stereocenters. The molecule has 0 bridgehead atoms. The predicted octanol–water partition coefficient (Wildman–Crippen LogP) is 1.86. The lowest BCUT2D eigenvalue weighted by Crippen LogP contribution is -2.34. The van der Waals surface area contributed by atoms with Crippen LogP contribution in [-0.4, -0.2) is 35.5 Å². The molecule has 0 fully saturated rings. The Hall–Kier alpha value is -0.570. The first-order chi connectivity index (χ1) is 6.26. The predicted molar refractivity (Wildman–Crippen MR) is 56.2 cm³/mol. The van der Waals surface area contributed by atoms with Crippen molar-refractivity contribution in [1.29, 1.82) is 5.41 Å². The van der Waals surface area contributed by atoms with Crippen LogP contribution < -0.4 is 0 Å². The number of unbranched alkanes of at least 4 members (excludes halogenated alkanes) is 2. The molecular weight excluding hydrogens is 164 g/mol. The van der Waals surface area contributed by atoms with Crippen molar-refractivity contribution in [1.82, 2.24) is 4.90 Å². The Balaban J connectivity index is 3.79. The summed E-state index contributed by atoms with van der Waals surface area (Å²) in [5.41, 5.74) is 0. The largest absolute Gasteiger partial charge is 0.388 e. The number of nitrogens with one attached hydrogen (secondary N) is 1. The molecule has 78 valence electrons. The molecule has 0 aromatic rings. The van der Waals surface area contributed by atoms with E-state index in [2.05, 4.69) is 13.8 Å². The first kappa shape index (κ1) is 12.4. The highest BCUT2D eigenvalue weighted by Gasteiger charge is 2.06. The monoisotopic (exact) mass is 186 g/mol. The van der Waals surface area contributed by atoms with Gasteiger partial charge in [-0.05, 0) is 12.8 Å². The molecule has 0 saturated heterocycles. The van der Waals surface area contributed by atoms with Gasteiger partial charge in [0, 0.05) is 13.1 Å². The zero-order valence-corrected chi connectivity index (χ0v) is 8.84. The lowest BCUT2D eigenvalue weighted by molar-refractivity contribution is 0.311. The van der Waals surface area contributed by atoms with Gasteiger partial charge < -0.3 is 10.0 Å². The Morgan fingerprint density at radius 1 is 1.15 bits per heavy atom. The molecule has 0 unspecified atom stereocenters. The van der Waals surface area contributed by atoms with E-state index in [0.29, 0.717) is 5.84 Å². The maximum absolute atomic E-state index is 8.84. The molecule has 3 nitrogen and oxygen atoms in total. The molecular formula is C10H22N2O. The fraction of sp³-hybridized carbons (Fsp3) is 0.900. The molecule has 0 aliphatic rings. The van der Waals surface area contributed by atoms with Gasteiger partial charge in [0.1, 0.15) is 12.4 Å². The van der Waals surface area contributed by atoms with E-state index in [1.54, 1.807) is 0 Å². The summed E-state index contributed by atoms with van der Waals surface area (Å²) in [6, 6.07) is 0. The molecule has 2 N–H and O–H groups in total. The third kappa shape index (κ3) is 5.64. The van der Waals surface area contributed by atoms with Gasteiger partial charge in [-0.15, -0.1) is 0 Å². The summed E-state index contributed by atoms with van der Waals surface area (Å²) in [7, 11) is 0. The Kier molecular flexibility index (Phi) is 7.69. The number of nitrogens with zero attached hydrogens (tertiary/aromatic N) is 1. The fourth-order valence-corrected chi connectivity index (χ4v) is 1.18.